The summed E-state index contributed by atoms with van der Waals surface area (Å²) >= 11 is 0. The summed E-state index contributed by atoms with van der Waals surface area (Å²) in [6, 6.07) is 0. The van der Waals surface area contributed by atoms with E-state index in [2.05, 4.69) is 6.92 Å². The molecular weight excluding hydrogens is 124 g/mol. The van der Waals surface area contributed by atoms with Crippen LogP contribution in [0.25, 0.3) is 0 Å². The first-order valence-electron chi connectivity index (χ1n) is 3.94. The van der Waals surface area contributed by atoms with Gasteiger partial charge in [-0.1, -0.05) is 19.8 Å². The van der Waals surface area contributed by atoms with Crippen molar-refractivity contribution in [2.75, 3.05) is 13.6 Å². The van der Waals surface area contributed by atoms with Crippen molar-refractivity contribution in [3.05, 3.63) is 0 Å². The van der Waals surface area contributed by atoms with Crippen molar-refractivity contribution in [1.82, 2.24) is 4.90 Å². The van der Waals surface area contributed by atoms with Gasteiger partial charge in [0, 0.05) is 13.6 Å². The van der Waals surface area contributed by atoms with E-state index >= 15 is 0 Å². The Bertz CT molecular complexity index is 99.4. The van der Waals surface area contributed by atoms with Crippen LogP contribution < -0.4 is 0 Å². The van der Waals surface area contributed by atoms with Gasteiger partial charge in [0.2, 0.25) is 0 Å². The zero-order valence-corrected chi connectivity index (χ0v) is 7.28. The fourth-order valence-corrected chi connectivity index (χ4v) is 0.767. The Balaban J connectivity index is 3.21. The second-order valence-corrected chi connectivity index (χ2v) is 2.71. The molecule has 0 heterocycles. The Morgan fingerprint density at radius 2 is 2.00 bits per heavy atom. The fraction of sp³-hybridized carbons (Fsp3) is 0.875. The molecule has 0 aromatic carbocycles. The van der Waals surface area contributed by atoms with E-state index in [0.29, 0.717) is 5.84 Å². The van der Waals surface area contributed by atoms with Crippen LogP contribution in [0.2, 0.25) is 0 Å². The quantitative estimate of drug-likeness (QED) is 0.363. The molecule has 0 unspecified atom stereocenters. The van der Waals surface area contributed by atoms with Gasteiger partial charge in [-0.15, -0.1) is 0 Å². The van der Waals surface area contributed by atoms with Crippen molar-refractivity contribution >= 4 is 5.84 Å². The molecule has 0 amide bonds. The van der Waals surface area contributed by atoms with Crippen molar-refractivity contribution in [3.63, 3.8) is 0 Å². The average molecular weight is 142 g/mol. The smallest absolute Gasteiger partial charge is 0.0923 e. The van der Waals surface area contributed by atoms with Gasteiger partial charge in [-0.3, -0.25) is 5.41 Å². The molecule has 0 radical (unpaired) electrons. The minimum Gasteiger partial charge on any atom is -0.364 e. The van der Waals surface area contributed by atoms with Crippen LogP contribution >= 0.6 is 0 Å². The normalized spacial score (nSPS) is 9.50. The largest absolute Gasteiger partial charge is 0.364 e. The molecule has 0 aliphatic rings. The lowest BCUT2D eigenvalue weighted by Gasteiger charge is -2.16. The Kier molecular flexibility index (Phi) is 4.99. The van der Waals surface area contributed by atoms with E-state index in [-0.39, 0.29) is 0 Å². The summed E-state index contributed by atoms with van der Waals surface area (Å²) in [7, 11) is 1.97. The van der Waals surface area contributed by atoms with Gasteiger partial charge in [-0.2, -0.15) is 0 Å². The van der Waals surface area contributed by atoms with Crippen LogP contribution in [-0.4, -0.2) is 24.3 Å². The van der Waals surface area contributed by atoms with Gasteiger partial charge in [-0.05, 0) is 13.3 Å². The van der Waals surface area contributed by atoms with Crippen LogP contribution in [0.4, 0.5) is 0 Å². The molecule has 0 aromatic heterocycles. The number of hydrogen-bond donors (Lipinski definition) is 1. The highest BCUT2D eigenvalue weighted by Gasteiger charge is 1.95. The van der Waals surface area contributed by atoms with Crippen molar-refractivity contribution in [1.29, 1.82) is 5.41 Å². The van der Waals surface area contributed by atoms with Crippen molar-refractivity contribution < 1.29 is 0 Å². The van der Waals surface area contributed by atoms with Crippen LogP contribution in [0.3, 0.4) is 0 Å². The number of nitrogens with zero attached hydrogens (tertiary/aromatic N) is 1. The minimum absolute atomic E-state index is 0.663. The fourth-order valence-electron chi connectivity index (χ4n) is 0.767. The Morgan fingerprint density at radius 3 is 2.40 bits per heavy atom. The molecule has 1 N–H and O–H groups in total. The first-order chi connectivity index (χ1) is 4.68. The number of unbranched alkanes of at least 4 members (excludes halogenated alkanes) is 2. The zero-order chi connectivity index (χ0) is 7.98. The summed E-state index contributed by atoms with van der Waals surface area (Å²) in [5.41, 5.74) is 0. The van der Waals surface area contributed by atoms with Crippen LogP contribution in [0, 0.1) is 5.41 Å². The Labute approximate surface area is 63.7 Å². The van der Waals surface area contributed by atoms with E-state index in [4.69, 9.17) is 5.41 Å². The van der Waals surface area contributed by atoms with Crippen LogP contribution in [-0.2, 0) is 0 Å². The van der Waals surface area contributed by atoms with Crippen molar-refractivity contribution in [2.24, 2.45) is 0 Å². The molecule has 0 bridgehead atoms. The molecule has 0 spiro atoms. The van der Waals surface area contributed by atoms with Crippen LogP contribution in [0.15, 0.2) is 0 Å². The van der Waals surface area contributed by atoms with Gasteiger partial charge in [-0.25, -0.2) is 0 Å². The van der Waals surface area contributed by atoms with E-state index in [1.807, 2.05) is 18.9 Å². The van der Waals surface area contributed by atoms with Gasteiger partial charge in [0.05, 0.1) is 5.84 Å². The third-order valence-corrected chi connectivity index (χ3v) is 1.67. The SMILES string of the molecule is CCCCCN(C)C(C)=N. The molecule has 2 heteroatoms. The highest BCUT2D eigenvalue weighted by Crippen LogP contribution is 1.95. The van der Waals surface area contributed by atoms with E-state index in [1.165, 1.54) is 19.3 Å². The molecule has 2 nitrogen and oxygen atoms in total. The maximum Gasteiger partial charge on any atom is 0.0923 e. The Hall–Kier alpha value is -0.530. The number of amidine groups is 1. The molecule has 0 saturated heterocycles. The third kappa shape index (κ3) is 4.36. The molecule has 0 fully saturated rings. The van der Waals surface area contributed by atoms with Gasteiger partial charge < -0.3 is 4.90 Å². The maximum absolute atomic E-state index is 7.26. The average Bonchev–Trinajstić information content (AvgIpc) is 1.88. The van der Waals surface area contributed by atoms with E-state index < -0.39 is 0 Å². The lowest BCUT2D eigenvalue weighted by molar-refractivity contribution is 0.471. The van der Waals surface area contributed by atoms with E-state index in [1.54, 1.807) is 0 Å². The molecule has 0 aliphatic carbocycles. The topological polar surface area (TPSA) is 27.1 Å². The highest BCUT2D eigenvalue weighted by molar-refractivity contribution is 5.75. The number of hydrogen-bond acceptors (Lipinski definition) is 1. The summed E-state index contributed by atoms with van der Waals surface area (Å²) < 4.78 is 0. The van der Waals surface area contributed by atoms with Crippen LogP contribution in [0.5, 0.6) is 0 Å². The van der Waals surface area contributed by atoms with Gasteiger partial charge in [0.15, 0.2) is 0 Å². The Morgan fingerprint density at radius 1 is 1.40 bits per heavy atom. The van der Waals surface area contributed by atoms with Crippen molar-refractivity contribution in [3.8, 4) is 0 Å². The standard InChI is InChI=1S/C8H18N2/c1-4-5-6-7-10(3)8(2)9/h9H,4-7H2,1-3H3. The zero-order valence-electron chi connectivity index (χ0n) is 7.28. The minimum atomic E-state index is 0.663. The second-order valence-electron chi connectivity index (χ2n) is 2.71. The predicted molar refractivity (Wildman–Crippen MR) is 45.6 cm³/mol. The van der Waals surface area contributed by atoms with Crippen LogP contribution in [0.1, 0.15) is 33.1 Å². The second kappa shape index (κ2) is 5.27. The molecule has 0 aromatic rings. The molecule has 10 heavy (non-hydrogen) atoms. The molecule has 0 saturated carbocycles. The summed E-state index contributed by atoms with van der Waals surface area (Å²) in [6.45, 7) is 5.05. The number of nitrogens with one attached hydrogen (secondary N) is 1. The predicted octanol–water partition coefficient (Wildman–Crippen LogP) is 2.11. The molecule has 0 atom stereocenters. The first-order valence-corrected chi connectivity index (χ1v) is 3.94. The van der Waals surface area contributed by atoms with Crippen molar-refractivity contribution in [2.45, 2.75) is 33.1 Å². The number of rotatable bonds is 4. The first kappa shape index (κ1) is 9.47. The van der Waals surface area contributed by atoms with Gasteiger partial charge >= 0.3 is 0 Å². The summed E-state index contributed by atoms with van der Waals surface area (Å²) in [5, 5.41) is 7.26. The molecular formula is C8H18N2. The molecule has 60 valence electrons. The highest BCUT2D eigenvalue weighted by atomic mass is 15.1. The monoisotopic (exact) mass is 142 g/mol. The molecule has 0 rings (SSSR count). The lowest BCUT2D eigenvalue weighted by atomic mass is 10.2. The van der Waals surface area contributed by atoms with E-state index in [0.717, 1.165) is 6.54 Å². The van der Waals surface area contributed by atoms with Gasteiger partial charge in [0.1, 0.15) is 0 Å². The summed E-state index contributed by atoms with van der Waals surface area (Å²) in [6.07, 6.45) is 3.74. The summed E-state index contributed by atoms with van der Waals surface area (Å²) in [4.78, 5) is 1.98. The lowest BCUT2D eigenvalue weighted by Crippen LogP contribution is -2.24. The van der Waals surface area contributed by atoms with E-state index in [9.17, 15) is 0 Å². The maximum atomic E-state index is 7.26. The molecule has 0 aliphatic heterocycles. The summed E-state index contributed by atoms with van der Waals surface area (Å²) in [5.74, 6) is 0.663. The van der Waals surface area contributed by atoms with Gasteiger partial charge in [0.25, 0.3) is 0 Å². The third-order valence-electron chi connectivity index (χ3n) is 1.67.